The molecule has 1 unspecified atom stereocenters. The van der Waals surface area contributed by atoms with Gasteiger partial charge in [0.25, 0.3) is 11.8 Å². The van der Waals surface area contributed by atoms with Crippen LogP contribution in [0.25, 0.3) is 6.08 Å². The molecule has 1 fully saturated rings. The van der Waals surface area contributed by atoms with Crippen LogP contribution >= 0.6 is 35.0 Å². The molecule has 4 aromatic rings. The minimum atomic E-state index is -0.569. The van der Waals surface area contributed by atoms with Crippen LogP contribution in [0.2, 0.25) is 10.0 Å². The first kappa shape index (κ1) is 30.1. The molecule has 1 aliphatic heterocycles. The van der Waals surface area contributed by atoms with Crippen LogP contribution < -0.4 is 15.5 Å². The maximum atomic E-state index is 13.3. The molecule has 2 N–H and O–H groups in total. The number of hydrogen-bond donors (Lipinski definition) is 2. The first-order valence-corrected chi connectivity index (χ1v) is 14.9. The molecule has 43 heavy (non-hydrogen) atoms. The van der Waals surface area contributed by atoms with Crippen molar-refractivity contribution in [3.8, 4) is 0 Å². The van der Waals surface area contributed by atoms with Crippen molar-refractivity contribution in [3.05, 3.63) is 129 Å². The van der Waals surface area contributed by atoms with Crippen molar-refractivity contribution in [2.24, 2.45) is 0 Å². The van der Waals surface area contributed by atoms with E-state index in [1.807, 2.05) is 19.1 Å². The molecule has 5 rings (SSSR count). The van der Waals surface area contributed by atoms with Crippen LogP contribution in [0.3, 0.4) is 0 Å². The monoisotopic (exact) mass is 629 g/mol. The second-order valence-electron chi connectivity index (χ2n) is 9.74. The van der Waals surface area contributed by atoms with Crippen LogP contribution in [0.1, 0.15) is 27.9 Å². The van der Waals surface area contributed by atoms with Gasteiger partial charge in [0.05, 0.1) is 10.9 Å². The third-order valence-corrected chi connectivity index (χ3v) is 8.34. The van der Waals surface area contributed by atoms with Gasteiger partial charge in [-0.2, -0.15) is 0 Å². The van der Waals surface area contributed by atoms with Crippen molar-refractivity contribution in [2.75, 3.05) is 10.2 Å². The smallest absolute Gasteiger partial charge is 0.272 e. The summed E-state index contributed by atoms with van der Waals surface area (Å²) in [7, 11) is 0. The fraction of sp³-hybridized carbons (Fsp3) is 0.0909. The summed E-state index contributed by atoms with van der Waals surface area (Å²) in [5.41, 5.74) is 2.91. The number of benzene rings is 4. The SMILES string of the molecule is Cc1ccc(N2C(=O)CC(Sc3ccc(NC(=O)/C(=C/c4ccc(Cl)cc4Cl)NC(=O)c4ccccc4)cc3)C2=O)cc1. The van der Waals surface area contributed by atoms with E-state index in [1.165, 1.54) is 22.7 Å². The Balaban J connectivity index is 1.29. The molecule has 0 aromatic heterocycles. The van der Waals surface area contributed by atoms with E-state index in [-0.39, 0.29) is 23.9 Å². The van der Waals surface area contributed by atoms with E-state index in [0.717, 1.165) is 10.5 Å². The topological polar surface area (TPSA) is 95.6 Å². The summed E-state index contributed by atoms with van der Waals surface area (Å²) < 4.78 is 0. The quantitative estimate of drug-likeness (QED) is 0.160. The third kappa shape index (κ3) is 7.35. The molecule has 4 aromatic carbocycles. The van der Waals surface area contributed by atoms with Gasteiger partial charge in [-0.25, -0.2) is 4.90 Å². The summed E-state index contributed by atoms with van der Waals surface area (Å²) in [6.45, 7) is 1.94. The van der Waals surface area contributed by atoms with Crippen LogP contribution in [0.4, 0.5) is 11.4 Å². The van der Waals surface area contributed by atoms with E-state index in [2.05, 4.69) is 10.6 Å². The number of carbonyl (C=O) groups is 4. The second-order valence-corrected chi connectivity index (χ2v) is 11.9. The van der Waals surface area contributed by atoms with E-state index < -0.39 is 17.1 Å². The standard InChI is InChI=1S/C33H25Cl2N3O4S/c1-20-7-13-25(14-8-20)38-30(39)19-29(33(38)42)43-26-15-11-24(12-16-26)36-32(41)28(17-22-9-10-23(34)18-27(22)35)37-31(40)21-5-3-2-4-6-21/h2-18,29H,19H2,1H3,(H,36,41)(H,37,40)/b28-17-. The molecule has 0 saturated carbocycles. The maximum Gasteiger partial charge on any atom is 0.272 e. The molecule has 7 nitrogen and oxygen atoms in total. The van der Waals surface area contributed by atoms with Gasteiger partial charge in [0.2, 0.25) is 11.8 Å². The highest BCUT2D eigenvalue weighted by atomic mass is 35.5. The highest BCUT2D eigenvalue weighted by molar-refractivity contribution is 8.00. The van der Waals surface area contributed by atoms with Crippen molar-refractivity contribution >= 4 is 76.0 Å². The Morgan fingerprint density at radius 1 is 0.907 bits per heavy atom. The molecule has 10 heteroatoms. The largest absolute Gasteiger partial charge is 0.321 e. The number of carbonyl (C=O) groups excluding carboxylic acids is 4. The Labute approximate surface area is 262 Å². The zero-order valence-electron chi connectivity index (χ0n) is 22.8. The highest BCUT2D eigenvalue weighted by Gasteiger charge is 2.40. The summed E-state index contributed by atoms with van der Waals surface area (Å²) in [5.74, 6) is -1.54. The Morgan fingerprint density at radius 3 is 2.28 bits per heavy atom. The number of amides is 4. The molecule has 1 heterocycles. The lowest BCUT2D eigenvalue weighted by molar-refractivity contribution is -0.121. The van der Waals surface area contributed by atoms with Crippen molar-refractivity contribution in [3.63, 3.8) is 0 Å². The van der Waals surface area contributed by atoms with Gasteiger partial charge < -0.3 is 10.6 Å². The van der Waals surface area contributed by atoms with E-state index in [1.54, 1.807) is 84.9 Å². The van der Waals surface area contributed by atoms with Gasteiger partial charge in [0.15, 0.2) is 0 Å². The average Bonchev–Trinajstić information content (AvgIpc) is 3.27. The van der Waals surface area contributed by atoms with Gasteiger partial charge in [-0.3, -0.25) is 19.2 Å². The number of anilines is 2. The van der Waals surface area contributed by atoms with Crippen molar-refractivity contribution in [1.82, 2.24) is 5.32 Å². The predicted molar refractivity (Wildman–Crippen MR) is 171 cm³/mol. The molecule has 4 amide bonds. The second kappa shape index (κ2) is 13.3. The summed E-state index contributed by atoms with van der Waals surface area (Å²) in [5, 5.41) is 5.66. The van der Waals surface area contributed by atoms with Crippen molar-refractivity contribution in [2.45, 2.75) is 23.5 Å². The highest BCUT2D eigenvalue weighted by Crippen LogP contribution is 2.34. The predicted octanol–water partition coefficient (Wildman–Crippen LogP) is 7.14. The summed E-state index contributed by atoms with van der Waals surface area (Å²) >= 11 is 13.6. The number of nitrogens with one attached hydrogen (secondary N) is 2. The molecule has 0 bridgehead atoms. The van der Waals surface area contributed by atoms with E-state index in [9.17, 15) is 19.2 Å². The van der Waals surface area contributed by atoms with Crippen molar-refractivity contribution in [1.29, 1.82) is 0 Å². The zero-order chi connectivity index (χ0) is 30.5. The number of rotatable bonds is 8. The third-order valence-electron chi connectivity index (χ3n) is 6.58. The van der Waals surface area contributed by atoms with Crippen LogP contribution in [-0.4, -0.2) is 28.9 Å². The summed E-state index contributed by atoms with van der Waals surface area (Å²) in [4.78, 5) is 53.9. The Morgan fingerprint density at radius 2 is 1.60 bits per heavy atom. The summed E-state index contributed by atoms with van der Waals surface area (Å²) in [6.07, 6.45) is 1.57. The lowest BCUT2D eigenvalue weighted by atomic mass is 10.1. The minimum absolute atomic E-state index is 0.0252. The minimum Gasteiger partial charge on any atom is -0.321 e. The molecule has 0 aliphatic carbocycles. The van der Waals surface area contributed by atoms with Gasteiger partial charge in [-0.05, 0) is 79.2 Å². The van der Waals surface area contributed by atoms with Crippen molar-refractivity contribution < 1.29 is 19.2 Å². The molecular formula is C33H25Cl2N3O4S. The number of aryl methyl sites for hydroxylation is 1. The Kier molecular flexibility index (Phi) is 9.31. The molecule has 1 aliphatic rings. The number of thioether (sulfide) groups is 1. The summed E-state index contributed by atoms with van der Waals surface area (Å²) in [6, 6.07) is 27.5. The van der Waals surface area contributed by atoms with E-state index in [4.69, 9.17) is 23.2 Å². The Bertz CT molecular complexity index is 1730. The average molecular weight is 631 g/mol. The molecule has 216 valence electrons. The normalized spacial score (nSPS) is 15.0. The fourth-order valence-electron chi connectivity index (χ4n) is 4.36. The maximum absolute atomic E-state index is 13.3. The molecule has 0 radical (unpaired) electrons. The van der Waals surface area contributed by atoms with E-state index in [0.29, 0.717) is 32.5 Å². The van der Waals surface area contributed by atoms with E-state index >= 15 is 0 Å². The number of imide groups is 1. The van der Waals surface area contributed by atoms with Crippen LogP contribution in [-0.2, 0) is 14.4 Å². The van der Waals surface area contributed by atoms with Gasteiger partial charge in [0.1, 0.15) is 5.70 Å². The number of hydrogen-bond acceptors (Lipinski definition) is 5. The van der Waals surface area contributed by atoms with Crippen LogP contribution in [0.5, 0.6) is 0 Å². The van der Waals surface area contributed by atoms with Crippen LogP contribution in [0.15, 0.2) is 108 Å². The fourth-order valence-corrected chi connectivity index (χ4v) is 5.87. The van der Waals surface area contributed by atoms with Gasteiger partial charge in [-0.15, -0.1) is 11.8 Å². The molecular weight excluding hydrogens is 605 g/mol. The van der Waals surface area contributed by atoms with Crippen LogP contribution in [0, 0.1) is 6.92 Å². The number of nitrogens with zero attached hydrogens (tertiary/aromatic N) is 1. The molecule has 1 atom stereocenters. The number of halogens is 2. The first-order chi connectivity index (χ1) is 20.7. The molecule has 0 spiro atoms. The first-order valence-electron chi connectivity index (χ1n) is 13.2. The zero-order valence-corrected chi connectivity index (χ0v) is 25.2. The van der Waals surface area contributed by atoms with Gasteiger partial charge in [-0.1, -0.05) is 65.2 Å². The lowest BCUT2D eigenvalue weighted by Gasteiger charge is -2.15. The van der Waals surface area contributed by atoms with Gasteiger partial charge in [0, 0.05) is 32.6 Å². The Hall–Kier alpha value is -4.37. The lowest BCUT2D eigenvalue weighted by Crippen LogP contribution is -2.31. The van der Waals surface area contributed by atoms with Gasteiger partial charge >= 0.3 is 0 Å². The molecule has 1 saturated heterocycles.